The largest absolute Gasteiger partial charge is 0.490 e. The van der Waals surface area contributed by atoms with Gasteiger partial charge >= 0.3 is 5.69 Å². The molecular weight excluding hydrogens is 291 g/mol. The standard InChI is InChI=1S/C11H11FN2O5S/c1-19-11-5-9(8(12)4-10(11)14(15)16)13-7-2-3-20(17,18)6-7/h2-5,7,13H,6H2,1H3. The number of halogens is 1. The summed E-state index contributed by atoms with van der Waals surface area (Å²) < 4.78 is 41.1. The first-order chi connectivity index (χ1) is 9.32. The summed E-state index contributed by atoms with van der Waals surface area (Å²) in [7, 11) is -2.04. The lowest BCUT2D eigenvalue weighted by Gasteiger charge is -2.13. The molecule has 0 fully saturated rings. The van der Waals surface area contributed by atoms with Crippen molar-refractivity contribution in [2.24, 2.45) is 0 Å². The van der Waals surface area contributed by atoms with Crippen molar-refractivity contribution in [3.8, 4) is 5.75 Å². The number of rotatable bonds is 4. The van der Waals surface area contributed by atoms with Gasteiger partial charge in [0.1, 0.15) is 0 Å². The molecule has 2 rings (SSSR count). The number of anilines is 1. The van der Waals surface area contributed by atoms with E-state index >= 15 is 0 Å². The first-order valence-corrected chi connectivity index (χ1v) is 7.23. The summed E-state index contributed by atoms with van der Waals surface area (Å²) in [5.41, 5.74) is -0.552. The Labute approximate surface area is 114 Å². The Morgan fingerprint density at radius 2 is 2.20 bits per heavy atom. The topological polar surface area (TPSA) is 98.5 Å². The zero-order chi connectivity index (χ0) is 14.9. The lowest BCUT2D eigenvalue weighted by atomic mass is 10.2. The molecule has 1 atom stereocenters. The van der Waals surface area contributed by atoms with Gasteiger partial charge in [-0.2, -0.15) is 0 Å². The van der Waals surface area contributed by atoms with E-state index in [2.05, 4.69) is 5.32 Å². The highest BCUT2D eigenvalue weighted by Gasteiger charge is 2.24. The average molecular weight is 302 g/mol. The molecule has 7 nitrogen and oxygen atoms in total. The smallest absolute Gasteiger partial charge is 0.313 e. The Hall–Kier alpha value is -2.16. The molecule has 1 aliphatic rings. The van der Waals surface area contributed by atoms with E-state index in [1.165, 1.54) is 13.2 Å². The summed E-state index contributed by atoms with van der Waals surface area (Å²) in [6.45, 7) is 0. The molecule has 9 heteroatoms. The van der Waals surface area contributed by atoms with Crippen LogP contribution in [0.25, 0.3) is 0 Å². The molecule has 0 spiro atoms. The number of nitro benzene ring substituents is 1. The van der Waals surface area contributed by atoms with Gasteiger partial charge in [-0.15, -0.1) is 0 Å². The number of hydrogen-bond donors (Lipinski definition) is 1. The summed E-state index contributed by atoms with van der Waals surface area (Å²) in [6.07, 6.45) is 1.39. The first-order valence-electron chi connectivity index (χ1n) is 5.52. The first kappa shape index (κ1) is 14.3. The van der Waals surface area contributed by atoms with Crippen LogP contribution < -0.4 is 10.1 Å². The summed E-state index contributed by atoms with van der Waals surface area (Å²) in [6, 6.07) is 1.28. The summed E-state index contributed by atoms with van der Waals surface area (Å²) in [5, 5.41) is 14.4. The fourth-order valence-electron chi connectivity index (χ4n) is 1.83. The van der Waals surface area contributed by atoms with E-state index in [1.54, 1.807) is 0 Å². The number of nitrogens with one attached hydrogen (secondary N) is 1. The lowest BCUT2D eigenvalue weighted by Crippen LogP contribution is -2.21. The third kappa shape index (κ3) is 2.87. The highest BCUT2D eigenvalue weighted by molar-refractivity contribution is 7.94. The average Bonchev–Trinajstić information content (AvgIpc) is 2.70. The molecule has 1 unspecified atom stereocenters. The van der Waals surface area contributed by atoms with Gasteiger partial charge in [0.15, 0.2) is 21.4 Å². The van der Waals surface area contributed by atoms with Crippen LogP contribution in [0.4, 0.5) is 15.8 Å². The van der Waals surface area contributed by atoms with Crippen LogP contribution in [0.15, 0.2) is 23.6 Å². The van der Waals surface area contributed by atoms with E-state index in [4.69, 9.17) is 4.74 Å². The molecule has 0 bridgehead atoms. The molecule has 0 aliphatic carbocycles. The number of hydrogen-bond acceptors (Lipinski definition) is 6. The van der Waals surface area contributed by atoms with Gasteiger partial charge in [-0.05, 0) is 0 Å². The maximum atomic E-state index is 13.8. The van der Waals surface area contributed by atoms with E-state index in [-0.39, 0.29) is 17.2 Å². The van der Waals surface area contributed by atoms with Gasteiger partial charge in [0.25, 0.3) is 0 Å². The molecule has 0 aromatic heterocycles. The predicted octanol–water partition coefficient (Wildman–Crippen LogP) is 1.47. The Morgan fingerprint density at radius 1 is 1.50 bits per heavy atom. The normalized spacial score (nSPS) is 19.8. The zero-order valence-corrected chi connectivity index (χ0v) is 11.2. The SMILES string of the molecule is COc1cc(NC2C=CS(=O)(=O)C2)c(F)cc1[N+](=O)[O-]. The summed E-state index contributed by atoms with van der Waals surface area (Å²) in [4.78, 5) is 9.96. The van der Waals surface area contributed by atoms with Crippen LogP contribution in [-0.4, -0.2) is 32.2 Å². The molecule has 1 heterocycles. The van der Waals surface area contributed by atoms with Crippen molar-refractivity contribution in [3.05, 3.63) is 39.5 Å². The highest BCUT2D eigenvalue weighted by Crippen LogP contribution is 2.32. The second kappa shape index (κ2) is 5.08. The molecule has 0 radical (unpaired) electrons. The predicted molar refractivity (Wildman–Crippen MR) is 69.9 cm³/mol. The molecule has 1 aliphatic heterocycles. The van der Waals surface area contributed by atoms with Crippen molar-refractivity contribution in [1.82, 2.24) is 0 Å². The van der Waals surface area contributed by atoms with Gasteiger partial charge in [-0.25, -0.2) is 12.8 Å². The summed E-state index contributed by atoms with van der Waals surface area (Å²) >= 11 is 0. The minimum absolute atomic E-state index is 0.0563. The number of sulfone groups is 1. The molecule has 0 amide bonds. The molecule has 1 N–H and O–H groups in total. The Morgan fingerprint density at radius 3 is 2.70 bits per heavy atom. The maximum absolute atomic E-state index is 13.8. The summed E-state index contributed by atoms with van der Waals surface area (Å²) in [5.74, 6) is -1.15. The van der Waals surface area contributed by atoms with Crippen LogP contribution >= 0.6 is 0 Å². The molecule has 1 aromatic rings. The Bertz CT molecular complexity index is 686. The van der Waals surface area contributed by atoms with E-state index in [1.807, 2.05) is 0 Å². The third-order valence-electron chi connectivity index (χ3n) is 2.74. The van der Waals surface area contributed by atoms with Crippen LogP contribution in [-0.2, 0) is 9.84 Å². The van der Waals surface area contributed by atoms with Crippen LogP contribution in [0.3, 0.4) is 0 Å². The molecule has 0 saturated carbocycles. The van der Waals surface area contributed by atoms with E-state index < -0.39 is 32.3 Å². The molecular formula is C11H11FN2O5S. The second-order valence-corrected chi connectivity index (χ2v) is 6.10. The van der Waals surface area contributed by atoms with E-state index in [0.717, 1.165) is 17.5 Å². The minimum atomic E-state index is -3.27. The van der Waals surface area contributed by atoms with Crippen molar-refractivity contribution in [1.29, 1.82) is 0 Å². The fourth-order valence-corrected chi connectivity index (χ4v) is 3.06. The van der Waals surface area contributed by atoms with Gasteiger partial charge in [0, 0.05) is 11.5 Å². The Kier molecular flexibility index (Phi) is 3.62. The Balaban J connectivity index is 2.30. The maximum Gasteiger partial charge on any atom is 0.313 e. The van der Waals surface area contributed by atoms with Crippen molar-refractivity contribution in [2.45, 2.75) is 6.04 Å². The molecule has 0 saturated heterocycles. The zero-order valence-electron chi connectivity index (χ0n) is 10.4. The lowest BCUT2D eigenvalue weighted by molar-refractivity contribution is -0.385. The fraction of sp³-hybridized carbons (Fsp3) is 0.273. The molecule has 1 aromatic carbocycles. The highest BCUT2D eigenvalue weighted by atomic mass is 32.2. The number of ether oxygens (including phenoxy) is 1. The van der Waals surface area contributed by atoms with Crippen LogP contribution in [0.1, 0.15) is 0 Å². The number of nitrogens with zero attached hydrogens (tertiary/aromatic N) is 1. The quantitative estimate of drug-likeness (QED) is 0.668. The van der Waals surface area contributed by atoms with Gasteiger partial charge in [0.2, 0.25) is 0 Å². The molecule has 20 heavy (non-hydrogen) atoms. The van der Waals surface area contributed by atoms with Crippen LogP contribution in [0, 0.1) is 15.9 Å². The monoisotopic (exact) mass is 302 g/mol. The van der Waals surface area contributed by atoms with Crippen LogP contribution in [0.2, 0.25) is 0 Å². The second-order valence-electron chi connectivity index (χ2n) is 4.17. The van der Waals surface area contributed by atoms with Gasteiger partial charge in [-0.1, -0.05) is 6.08 Å². The van der Waals surface area contributed by atoms with Crippen molar-refractivity contribution < 1.29 is 22.5 Å². The van der Waals surface area contributed by atoms with Gasteiger partial charge in [0.05, 0.1) is 35.6 Å². The number of benzene rings is 1. The van der Waals surface area contributed by atoms with E-state index in [9.17, 15) is 22.9 Å². The third-order valence-corrected chi connectivity index (χ3v) is 4.13. The van der Waals surface area contributed by atoms with E-state index in [0.29, 0.717) is 0 Å². The van der Waals surface area contributed by atoms with Crippen molar-refractivity contribution in [3.63, 3.8) is 0 Å². The number of methoxy groups -OCH3 is 1. The van der Waals surface area contributed by atoms with Crippen molar-refractivity contribution >= 4 is 21.2 Å². The van der Waals surface area contributed by atoms with Crippen molar-refractivity contribution in [2.75, 3.05) is 18.2 Å². The van der Waals surface area contributed by atoms with Gasteiger partial charge < -0.3 is 10.1 Å². The minimum Gasteiger partial charge on any atom is -0.490 e. The van der Waals surface area contributed by atoms with Gasteiger partial charge in [-0.3, -0.25) is 10.1 Å². The molecule has 108 valence electrons. The van der Waals surface area contributed by atoms with Crippen LogP contribution in [0.5, 0.6) is 5.75 Å². The number of nitro groups is 1.